The lowest BCUT2D eigenvalue weighted by Crippen LogP contribution is -2.52. The third-order valence-corrected chi connectivity index (χ3v) is 5.42. The molecule has 0 saturated carbocycles. The molecule has 1 aliphatic heterocycles. The highest BCUT2D eigenvalue weighted by atomic mass is 16.5. The van der Waals surface area contributed by atoms with Crippen LogP contribution < -0.4 is 19.7 Å². The van der Waals surface area contributed by atoms with Crippen molar-refractivity contribution in [3.05, 3.63) is 53.1 Å². The molecule has 1 N–H and O–H groups in total. The fourth-order valence-electron chi connectivity index (χ4n) is 3.56. The van der Waals surface area contributed by atoms with E-state index in [9.17, 15) is 4.79 Å². The standard InChI is InChI=1S/C23H31N3O3/c1-17-15-19(3)22(16-18(17)2)29-14-9-24-23(27)26-12-10-25(11-13-26)20-7-5-6-8-21(20)28-4/h5-8,15-16H,9-14H2,1-4H3,(H,24,27). The molecule has 6 nitrogen and oxygen atoms in total. The van der Waals surface area contributed by atoms with Crippen LogP contribution in [0.3, 0.4) is 0 Å². The molecule has 0 aromatic heterocycles. The Morgan fingerprint density at radius 1 is 0.966 bits per heavy atom. The van der Waals surface area contributed by atoms with Gasteiger partial charge in [-0.1, -0.05) is 18.2 Å². The van der Waals surface area contributed by atoms with E-state index in [1.807, 2.05) is 30.0 Å². The van der Waals surface area contributed by atoms with Crippen LogP contribution in [0.5, 0.6) is 11.5 Å². The van der Waals surface area contributed by atoms with Crippen LogP contribution in [0.1, 0.15) is 16.7 Å². The van der Waals surface area contributed by atoms with Crippen molar-refractivity contribution in [2.45, 2.75) is 20.8 Å². The molecule has 0 aliphatic carbocycles. The van der Waals surface area contributed by atoms with Crippen molar-refractivity contribution in [3.8, 4) is 11.5 Å². The molecule has 6 heteroatoms. The SMILES string of the molecule is COc1ccccc1N1CCN(C(=O)NCCOc2cc(C)c(C)cc2C)CC1. The van der Waals surface area contributed by atoms with Crippen LogP contribution in [0.15, 0.2) is 36.4 Å². The van der Waals surface area contributed by atoms with Gasteiger partial charge in [0, 0.05) is 26.2 Å². The van der Waals surface area contributed by atoms with Gasteiger partial charge in [0.2, 0.25) is 0 Å². The summed E-state index contributed by atoms with van der Waals surface area (Å²) in [6.45, 7) is 10.1. The first-order valence-corrected chi connectivity index (χ1v) is 10.1. The number of nitrogens with zero attached hydrogens (tertiary/aromatic N) is 2. The zero-order valence-corrected chi connectivity index (χ0v) is 17.8. The van der Waals surface area contributed by atoms with Gasteiger partial charge in [-0.05, 0) is 55.7 Å². The summed E-state index contributed by atoms with van der Waals surface area (Å²) in [4.78, 5) is 16.6. The summed E-state index contributed by atoms with van der Waals surface area (Å²) < 4.78 is 11.3. The van der Waals surface area contributed by atoms with Crippen LogP contribution in [-0.2, 0) is 0 Å². The predicted molar refractivity (Wildman–Crippen MR) is 116 cm³/mol. The smallest absolute Gasteiger partial charge is 0.317 e. The number of para-hydroxylation sites is 2. The Kier molecular flexibility index (Phi) is 6.86. The molecule has 0 bridgehead atoms. The van der Waals surface area contributed by atoms with E-state index in [1.165, 1.54) is 11.1 Å². The van der Waals surface area contributed by atoms with Crippen LogP contribution in [0.4, 0.5) is 10.5 Å². The molecular formula is C23H31N3O3. The number of methoxy groups -OCH3 is 1. The highest BCUT2D eigenvalue weighted by Crippen LogP contribution is 2.28. The highest BCUT2D eigenvalue weighted by molar-refractivity contribution is 5.74. The Morgan fingerprint density at radius 3 is 2.38 bits per heavy atom. The number of aryl methyl sites for hydroxylation is 3. The molecule has 1 fully saturated rings. The molecule has 0 unspecified atom stereocenters. The van der Waals surface area contributed by atoms with E-state index in [2.05, 4.69) is 42.3 Å². The molecule has 1 heterocycles. The van der Waals surface area contributed by atoms with Gasteiger partial charge in [-0.2, -0.15) is 0 Å². The molecule has 1 aliphatic rings. The van der Waals surface area contributed by atoms with E-state index in [1.54, 1.807) is 7.11 Å². The minimum atomic E-state index is -0.0370. The van der Waals surface area contributed by atoms with Crippen molar-refractivity contribution in [1.29, 1.82) is 0 Å². The minimum absolute atomic E-state index is 0.0370. The fraction of sp³-hybridized carbons (Fsp3) is 0.435. The normalized spacial score (nSPS) is 13.9. The van der Waals surface area contributed by atoms with Crippen molar-refractivity contribution < 1.29 is 14.3 Å². The number of nitrogens with one attached hydrogen (secondary N) is 1. The Bertz CT molecular complexity index is 845. The van der Waals surface area contributed by atoms with Crippen LogP contribution in [0.25, 0.3) is 0 Å². The van der Waals surface area contributed by atoms with Gasteiger partial charge >= 0.3 is 6.03 Å². The Hall–Kier alpha value is -2.89. The summed E-state index contributed by atoms with van der Waals surface area (Å²) >= 11 is 0. The molecular weight excluding hydrogens is 366 g/mol. The summed E-state index contributed by atoms with van der Waals surface area (Å²) in [6, 6.07) is 12.1. The number of carbonyl (C=O) groups is 1. The lowest BCUT2D eigenvalue weighted by molar-refractivity contribution is 0.191. The molecule has 2 amide bonds. The minimum Gasteiger partial charge on any atom is -0.495 e. The maximum Gasteiger partial charge on any atom is 0.317 e. The highest BCUT2D eigenvalue weighted by Gasteiger charge is 2.22. The van der Waals surface area contributed by atoms with Gasteiger partial charge in [-0.25, -0.2) is 4.79 Å². The molecule has 2 aromatic carbocycles. The summed E-state index contributed by atoms with van der Waals surface area (Å²) in [5, 5.41) is 2.96. The van der Waals surface area contributed by atoms with Crippen molar-refractivity contribution in [2.75, 3.05) is 51.3 Å². The topological polar surface area (TPSA) is 54.0 Å². The number of hydrogen-bond acceptors (Lipinski definition) is 4. The molecule has 29 heavy (non-hydrogen) atoms. The number of carbonyl (C=O) groups excluding carboxylic acids is 1. The predicted octanol–water partition coefficient (Wildman–Crippen LogP) is 3.53. The molecule has 0 atom stereocenters. The average Bonchev–Trinajstić information content (AvgIpc) is 2.74. The van der Waals surface area contributed by atoms with Crippen molar-refractivity contribution in [2.24, 2.45) is 0 Å². The monoisotopic (exact) mass is 397 g/mol. The van der Waals surface area contributed by atoms with Gasteiger partial charge in [0.1, 0.15) is 18.1 Å². The van der Waals surface area contributed by atoms with Crippen LogP contribution in [0, 0.1) is 20.8 Å². The van der Waals surface area contributed by atoms with E-state index in [0.717, 1.165) is 35.8 Å². The lowest BCUT2D eigenvalue weighted by atomic mass is 10.1. The first-order chi connectivity index (χ1) is 14.0. The number of amides is 2. The quantitative estimate of drug-likeness (QED) is 0.758. The Labute approximate surface area is 173 Å². The third-order valence-electron chi connectivity index (χ3n) is 5.42. The Morgan fingerprint density at radius 2 is 1.66 bits per heavy atom. The van der Waals surface area contributed by atoms with Crippen molar-refractivity contribution in [1.82, 2.24) is 10.2 Å². The summed E-state index contributed by atoms with van der Waals surface area (Å²) in [5.74, 6) is 1.75. The van der Waals surface area contributed by atoms with Crippen molar-refractivity contribution >= 4 is 11.7 Å². The summed E-state index contributed by atoms with van der Waals surface area (Å²) in [7, 11) is 1.68. The van der Waals surface area contributed by atoms with E-state index in [-0.39, 0.29) is 6.03 Å². The van der Waals surface area contributed by atoms with Crippen LogP contribution >= 0.6 is 0 Å². The number of piperazine rings is 1. The average molecular weight is 398 g/mol. The van der Waals surface area contributed by atoms with E-state index in [4.69, 9.17) is 9.47 Å². The molecule has 0 radical (unpaired) electrons. The number of rotatable bonds is 6. The van der Waals surface area contributed by atoms with Crippen LogP contribution in [0.2, 0.25) is 0 Å². The summed E-state index contributed by atoms with van der Waals surface area (Å²) in [5.41, 5.74) is 4.66. The van der Waals surface area contributed by atoms with Gasteiger partial charge in [0.25, 0.3) is 0 Å². The maximum absolute atomic E-state index is 12.5. The molecule has 1 saturated heterocycles. The van der Waals surface area contributed by atoms with Gasteiger partial charge in [0.05, 0.1) is 19.3 Å². The zero-order chi connectivity index (χ0) is 20.8. The second kappa shape index (κ2) is 9.54. The second-order valence-electron chi connectivity index (χ2n) is 7.43. The first kappa shape index (κ1) is 20.8. The number of benzene rings is 2. The largest absolute Gasteiger partial charge is 0.495 e. The number of ether oxygens (including phenoxy) is 2. The zero-order valence-electron chi connectivity index (χ0n) is 17.8. The molecule has 2 aromatic rings. The van der Waals surface area contributed by atoms with E-state index in [0.29, 0.717) is 26.2 Å². The fourth-order valence-corrected chi connectivity index (χ4v) is 3.56. The summed E-state index contributed by atoms with van der Waals surface area (Å²) in [6.07, 6.45) is 0. The molecule has 156 valence electrons. The molecule has 0 spiro atoms. The first-order valence-electron chi connectivity index (χ1n) is 10.1. The van der Waals surface area contributed by atoms with Gasteiger partial charge in [-0.3, -0.25) is 0 Å². The van der Waals surface area contributed by atoms with Crippen LogP contribution in [-0.4, -0.2) is 57.4 Å². The van der Waals surface area contributed by atoms with E-state index < -0.39 is 0 Å². The second-order valence-corrected chi connectivity index (χ2v) is 7.43. The van der Waals surface area contributed by atoms with Gasteiger partial charge < -0.3 is 24.6 Å². The van der Waals surface area contributed by atoms with Gasteiger partial charge in [0.15, 0.2) is 0 Å². The molecule has 3 rings (SSSR count). The van der Waals surface area contributed by atoms with Crippen molar-refractivity contribution in [3.63, 3.8) is 0 Å². The lowest BCUT2D eigenvalue weighted by Gasteiger charge is -2.36. The van der Waals surface area contributed by atoms with Gasteiger partial charge in [-0.15, -0.1) is 0 Å². The Balaban J connectivity index is 1.43. The maximum atomic E-state index is 12.5. The number of anilines is 1. The van der Waals surface area contributed by atoms with E-state index >= 15 is 0 Å². The number of urea groups is 1. The number of hydrogen-bond donors (Lipinski definition) is 1. The third kappa shape index (κ3) is 5.13.